The van der Waals surface area contributed by atoms with Gasteiger partial charge in [0.2, 0.25) is 0 Å². The average molecular weight is 497 g/mol. The van der Waals surface area contributed by atoms with Crippen LogP contribution >= 0.6 is 11.3 Å². The molecule has 0 bridgehead atoms. The third-order valence-corrected chi connectivity index (χ3v) is 8.61. The number of fused-ring (bicyclic) bond motifs is 1. The number of carbonyl (C=O) groups excluding carboxylic acids is 1. The number of methoxy groups -OCH3 is 1. The van der Waals surface area contributed by atoms with Crippen molar-refractivity contribution in [2.24, 2.45) is 5.92 Å². The quantitative estimate of drug-likeness (QED) is 0.461. The van der Waals surface area contributed by atoms with Gasteiger partial charge in [-0.25, -0.2) is 17.9 Å². The molecule has 3 rings (SSSR count). The molecule has 1 aliphatic heterocycles. The van der Waals surface area contributed by atoms with Gasteiger partial charge in [-0.3, -0.25) is 4.90 Å². The second-order valence-electron chi connectivity index (χ2n) is 8.42. The lowest BCUT2D eigenvalue weighted by Gasteiger charge is -2.27. The molecular formula is C23H32N2O6S2. The number of hydrogen-bond donors (Lipinski definition) is 2. The molecule has 2 N–H and O–H groups in total. The topological polar surface area (TPSA) is 105 Å². The molecule has 33 heavy (non-hydrogen) atoms. The van der Waals surface area contributed by atoms with Crippen LogP contribution < -0.4 is 9.46 Å². The molecule has 0 fully saturated rings. The van der Waals surface area contributed by atoms with Crippen molar-refractivity contribution >= 4 is 27.3 Å². The lowest BCUT2D eigenvalue weighted by atomic mass is 10.0. The Hall–Kier alpha value is -1.98. The van der Waals surface area contributed by atoms with Gasteiger partial charge < -0.3 is 14.6 Å². The fraction of sp³-hybridized carbons (Fsp3) is 0.522. The van der Waals surface area contributed by atoms with E-state index in [2.05, 4.69) is 9.62 Å². The van der Waals surface area contributed by atoms with E-state index in [1.165, 1.54) is 7.11 Å². The highest BCUT2D eigenvalue weighted by molar-refractivity contribution is 7.91. The number of ether oxygens (including phenoxy) is 2. The van der Waals surface area contributed by atoms with Crippen molar-refractivity contribution in [3.05, 3.63) is 45.8 Å². The maximum atomic E-state index is 13.0. The molecule has 10 heteroatoms. The second kappa shape index (κ2) is 11.4. The molecule has 8 nitrogen and oxygen atoms in total. The van der Waals surface area contributed by atoms with E-state index in [4.69, 9.17) is 14.6 Å². The van der Waals surface area contributed by atoms with E-state index in [0.717, 1.165) is 27.3 Å². The Morgan fingerprint density at radius 3 is 2.82 bits per heavy atom. The van der Waals surface area contributed by atoms with Gasteiger partial charge in [-0.2, -0.15) is 0 Å². The summed E-state index contributed by atoms with van der Waals surface area (Å²) in [6.07, 6.45) is 1.28. The fourth-order valence-electron chi connectivity index (χ4n) is 3.77. The van der Waals surface area contributed by atoms with E-state index in [1.807, 2.05) is 38.1 Å². The number of hydrogen-bond acceptors (Lipinski definition) is 8. The molecule has 182 valence electrons. The van der Waals surface area contributed by atoms with Crippen LogP contribution in [-0.2, 0) is 34.3 Å². The van der Waals surface area contributed by atoms with Gasteiger partial charge in [0.1, 0.15) is 16.6 Å². The highest BCUT2D eigenvalue weighted by Crippen LogP contribution is 2.37. The smallest absolute Gasteiger partial charge is 0.340 e. The molecular weight excluding hydrogens is 464 g/mol. The number of aliphatic hydroxyl groups excluding tert-OH is 1. The monoisotopic (exact) mass is 496 g/mol. The Balaban J connectivity index is 1.81. The molecule has 2 aromatic rings. The molecule has 0 spiro atoms. The summed E-state index contributed by atoms with van der Waals surface area (Å²) in [4.78, 5) is 15.6. The number of carbonyl (C=O) groups is 1. The standard InChI is InChI=1S/C23H32N2O6S2/c1-16(2)7-9-24-33(28,29)23-21(22(27)30-3)19-8-10-25(15-20(19)32-23)14-17-5-4-6-18(13-17)31-12-11-26/h4-6,13,16,24,26H,7-12,14-15H2,1-3H3. The molecule has 0 amide bonds. The summed E-state index contributed by atoms with van der Waals surface area (Å²) in [5, 5.41) is 8.95. The highest BCUT2D eigenvalue weighted by Gasteiger charge is 2.34. The van der Waals surface area contributed by atoms with Crippen LogP contribution in [0.2, 0.25) is 0 Å². The van der Waals surface area contributed by atoms with Crippen molar-refractivity contribution in [3.63, 3.8) is 0 Å². The van der Waals surface area contributed by atoms with Crippen molar-refractivity contribution < 1.29 is 27.8 Å². The van der Waals surface area contributed by atoms with Gasteiger partial charge in [-0.15, -0.1) is 11.3 Å². The Labute approximate surface area is 199 Å². The van der Waals surface area contributed by atoms with Crippen molar-refractivity contribution in [2.45, 2.75) is 44.0 Å². The van der Waals surface area contributed by atoms with Gasteiger partial charge in [0.05, 0.1) is 19.3 Å². The molecule has 1 aliphatic rings. The Bertz CT molecular complexity index is 1060. The van der Waals surface area contributed by atoms with Gasteiger partial charge in [0, 0.05) is 31.1 Å². The first-order valence-electron chi connectivity index (χ1n) is 11.0. The number of sulfonamides is 1. The largest absolute Gasteiger partial charge is 0.491 e. The minimum Gasteiger partial charge on any atom is -0.491 e. The number of esters is 1. The van der Waals surface area contributed by atoms with E-state index in [-0.39, 0.29) is 23.0 Å². The van der Waals surface area contributed by atoms with Crippen LogP contribution in [0.15, 0.2) is 28.5 Å². The minimum absolute atomic E-state index is 0.0440. The minimum atomic E-state index is -3.81. The van der Waals surface area contributed by atoms with Crippen LogP contribution in [0.4, 0.5) is 0 Å². The van der Waals surface area contributed by atoms with Crippen molar-refractivity contribution in [2.75, 3.05) is 33.4 Å². The van der Waals surface area contributed by atoms with Crippen molar-refractivity contribution in [1.82, 2.24) is 9.62 Å². The zero-order chi connectivity index (χ0) is 24.0. The van der Waals surface area contributed by atoms with Crippen molar-refractivity contribution in [1.29, 1.82) is 0 Å². The molecule has 0 radical (unpaired) electrons. The first kappa shape index (κ1) is 25.6. The molecule has 0 unspecified atom stereocenters. The molecule has 1 aromatic heterocycles. The predicted molar refractivity (Wildman–Crippen MR) is 127 cm³/mol. The van der Waals surface area contributed by atoms with E-state index in [1.54, 1.807) is 0 Å². The third kappa shape index (κ3) is 6.54. The van der Waals surface area contributed by atoms with E-state index in [0.29, 0.717) is 50.7 Å². The van der Waals surface area contributed by atoms with Gasteiger partial charge in [-0.05, 0) is 42.0 Å². The normalized spacial score (nSPS) is 14.3. The predicted octanol–water partition coefficient (Wildman–Crippen LogP) is 2.79. The van der Waals surface area contributed by atoms with Crippen LogP contribution in [0.25, 0.3) is 0 Å². The summed E-state index contributed by atoms with van der Waals surface area (Å²) >= 11 is 1.15. The van der Waals surface area contributed by atoms with Crippen LogP contribution in [0.1, 0.15) is 46.6 Å². The van der Waals surface area contributed by atoms with E-state index >= 15 is 0 Å². The van der Waals surface area contributed by atoms with E-state index < -0.39 is 16.0 Å². The summed E-state index contributed by atoms with van der Waals surface area (Å²) in [6, 6.07) is 7.70. The zero-order valence-corrected chi connectivity index (χ0v) is 20.9. The summed E-state index contributed by atoms with van der Waals surface area (Å²) in [6.45, 7) is 6.48. The number of aliphatic hydroxyl groups is 1. The van der Waals surface area contributed by atoms with Crippen LogP contribution in [0.3, 0.4) is 0 Å². The van der Waals surface area contributed by atoms with Gasteiger partial charge >= 0.3 is 5.97 Å². The number of nitrogens with one attached hydrogen (secondary N) is 1. The number of thiophene rings is 1. The molecule has 1 aromatic carbocycles. The van der Waals surface area contributed by atoms with Gasteiger partial charge in [0.25, 0.3) is 10.0 Å². The summed E-state index contributed by atoms with van der Waals surface area (Å²) in [5.74, 6) is 0.452. The van der Waals surface area contributed by atoms with E-state index in [9.17, 15) is 13.2 Å². The molecule has 0 saturated heterocycles. The van der Waals surface area contributed by atoms with Crippen LogP contribution in [0, 0.1) is 5.92 Å². The fourth-order valence-corrected chi connectivity index (χ4v) is 6.78. The van der Waals surface area contributed by atoms with Gasteiger partial charge in [0.15, 0.2) is 0 Å². The molecule has 0 saturated carbocycles. The Morgan fingerprint density at radius 1 is 1.33 bits per heavy atom. The first-order chi connectivity index (χ1) is 15.7. The third-order valence-electron chi connectivity index (χ3n) is 5.42. The Kier molecular flexibility index (Phi) is 8.88. The number of benzene rings is 1. The van der Waals surface area contributed by atoms with Crippen molar-refractivity contribution in [3.8, 4) is 5.75 Å². The van der Waals surface area contributed by atoms with Crippen LogP contribution in [0.5, 0.6) is 5.75 Å². The number of rotatable bonds is 11. The maximum Gasteiger partial charge on any atom is 0.340 e. The van der Waals surface area contributed by atoms with Crippen LogP contribution in [-0.4, -0.2) is 57.8 Å². The summed E-state index contributed by atoms with van der Waals surface area (Å²) in [5.41, 5.74) is 2.00. The molecule has 2 heterocycles. The molecule has 0 aliphatic carbocycles. The Morgan fingerprint density at radius 2 is 2.12 bits per heavy atom. The SMILES string of the molecule is COC(=O)c1c(S(=O)(=O)NCCC(C)C)sc2c1CCN(Cc1cccc(OCCO)c1)C2. The lowest BCUT2D eigenvalue weighted by Crippen LogP contribution is -2.30. The zero-order valence-electron chi connectivity index (χ0n) is 19.3. The average Bonchev–Trinajstić information content (AvgIpc) is 3.17. The second-order valence-corrected chi connectivity index (χ2v) is 11.5. The summed E-state index contributed by atoms with van der Waals surface area (Å²) < 4.78 is 39.1. The highest BCUT2D eigenvalue weighted by atomic mass is 32.2. The summed E-state index contributed by atoms with van der Waals surface area (Å²) in [7, 11) is -2.54. The molecule has 0 atom stereocenters. The number of nitrogens with zero attached hydrogens (tertiary/aromatic N) is 1. The lowest BCUT2D eigenvalue weighted by molar-refractivity contribution is 0.0595. The maximum absolute atomic E-state index is 13.0. The van der Waals surface area contributed by atoms with Gasteiger partial charge in [-0.1, -0.05) is 26.0 Å². The first-order valence-corrected chi connectivity index (χ1v) is 13.3.